The summed E-state index contributed by atoms with van der Waals surface area (Å²) < 4.78 is 9.30. The van der Waals surface area contributed by atoms with E-state index < -0.39 is 36.0 Å². The lowest BCUT2D eigenvalue weighted by molar-refractivity contribution is -0.163. The fourth-order valence-corrected chi connectivity index (χ4v) is 2.34. The van der Waals surface area contributed by atoms with E-state index in [-0.39, 0.29) is 50.4 Å². The van der Waals surface area contributed by atoms with E-state index >= 15 is 0 Å². The number of hydrogen-bond acceptors (Lipinski definition) is 10. The Kier molecular flexibility index (Phi) is 14.8. The molecule has 0 unspecified atom stereocenters. The first-order valence-corrected chi connectivity index (χ1v) is 10.2. The Morgan fingerprint density at radius 2 is 1.03 bits per heavy atom. The second-order valence-corrected chi connectivity index (χ2v) is 6.97. The smallest absolute Gasteiger partial charge is 0.330 e. The molecule has 0 fully saturated rings. The molecule has 0 heterocycles. The molecule has 14 heteroatoms. The van der Waals surface area contributed by atoms with Crippen molar-refractivity contribution in [3.05, 3.63) is 0 Å². The minimum Gasteiger partial charge on any atom is -0.392 e. The number of guanidine groups is 2. The minimum atomic E-state index is -0.976. The summed E-state index contributed by atoms with van der Waals surface area (Å²) in [6, 6.07) is -1.95. The number of nitrogens with one attached hydrogen (secondary N) is 4. The zero-order valence-electron chi connectivity index (χ0n) is 18.0. The first-order chi connectivity index (χ1) is 15.0. The van der Waals surface area contributed by atoms with Crippen molar-refractivity contribution in [3.8, 4) is 0 Å². The fraction of sp³-hybridized carbons (Fsp3) is 0.667. The summed E-state index contributed by atoms with van der Waals surface area (Å²) in [5.74, 6) is -3.61. The number of ether oxygens (including phenoxy) is 2. The highest BCUT2D eigenvalue weighted by Gasteiger charge is 2.20. The van der Waals surface area contributed by atoms with Gasteiger partial charge in [-0.05, 0) is 38.5 Å². The van der Waals surface area contributed by atoms with Crippen LogP contribution in [0.5, 0.6) is 0 Å². The fourth-order valence-electron chi connectivity index (χ4n) is 2.34. The van der Waals surface area contributed by atoms with Crippen molar-refractivity contribution < 1.29 is 28.7 Å². The molecular formula is C18H34N8O6. The Morgan fingerprint density at radius 1 is 0.688 bits per heavy atom. The van der Waals surface area contributed by atoms with Crippen molar-refractivity contribution in [1.82, 2.24) is 10.6 Å². The molecule has 0 aromatic rings. The lowest BCUT2D eigenvalue weighted by atomic mass is 10.1. The van der Waals surface area contributed by atoms with Gasteiger partial charge in [-0.3, -0.25) is 20.4 Å². The number of carbonyl (C=O) groups excluding carboxylic acids is 4. The number of rotatable bonds is 15. The van der Waals surface area contributed by atoms with E-state index in [1.165, 1.54) is 0 Å². The van der Waals surface area contributed by atoms with Gasteiger partial charge < -0.3 is 43.0 Å². The highest BCUT2D eigenvalue weighted by molar-refractivity contribution is 5.89. The molecule has 32 heavy (non-hydrogen) atoms. The Bertz CT molecular complexity index is 616. The SMILES string of the molecule is N=C(N)NCCC[C@H](N)C(=O)OC(=O)CCCCC(=O)OC(=O)[C@@H](N)CCCNC(=N)N. The minimum absolute atomic E-state index is 0.103. The van der Waals surface area contributed by atoms with Crippen LogP contribution in [-0.4, -0.2) is 61.0 Å². The molecule has 0 aliphatic carbocycles. The van der Waals surface area contributed by atoms with Gasteiger partial charge in [0.2, 0.25) is 0 Å². The monoisotopic (exact) mass is 458 g/mol. The molecule has 12 N–H and O–H groups in total. The molecule has 0 aliphatic heterocycles. The first kappa shape index (κ1) is 28.7. The molecule has 0 rings (SSSR count). The van der Waals surface area contributed by atoms with Gasteiger partial charge in [0.05, 0.1) is 0 Å². The van der Waals surface area contributed by atoms with Crippen LogP contribution in [0.4, 0.5) is 0 Å². The van der Waals surface area contributed by atoms with Crippen LogP contribution in [0, 0.1) is 10.8 Å². The summed E-state index contributed by atoms with van der Waals surface area (Å²) >= 11 is 0. The van der Waals surface area contributed by atoms with Gasteiger partial charge in [-0.25, -0.2) is 9.59 Å². The molecule has 0 spiro atoms. The Hall–Kier alpha value is -3.26. The maximum Gasteiger partial charge on any atom is 0.330 e. The maximum absolute atomic E-state index is 11.7. The number of carbonyl (C=O) groups is 4. The summed E-state index contributed by atoms with van der Waals surface area (Å²) in [5, 5.41) is 19.1. The Morgan fingerprint density at radius 3 is 1.34 bits per heavy atom. The van der Waals surface area contributed by atoms with Crippen LogP contribution in [0.3, 0.4) is 0 Å². The van der Waals surface area contributed by atoms with Crippen LogP contribution in [0.1, 0.15) is 51.4 Å². The summed E-state index contributed by atoms with van der Waals surface area (Å²) in [6.07, 6.45) is 1.71. The molecule has 0 bridgehead atoms. The van der Waals surface area contributed by atoms with Gasteiger partial charge in [0, 0.05) is 25.9 Å². The van der Waals surface area contributed by atoms with Crippen LogP contribution in [0.25, 0.3) is 0 Å². The van der Waals surface area contributed by atoms with Crippen molar-refractivity contribution in [1.29, 1.82) is 10.8 Å². The number of unbranched alkanes of at least 4 members (excludes halogenated alkanes) is 1. The van der Waals surface area contributed by atoms with E-state index in [9.17, 15) is 19.2 Å². The van der Waals surface area contributed by atoms with Gasteiger partial charge in [-0.2, -0.15) is 0 Å². The van der Waals surface area contributed by atoms with E-state index in [1.807, 2.05) is 0 Å². The average molecular weight is 459 g/mol. The van der Waals surface area contributed by atoms with Crippen molar-refractivity contribution in [2.24, 2.45) is 22.9 Å². The van der Waals surface area contributed by atoms with Crippen molar-refractivity contribution in [3.63, 3.8) is 0 Å². The zero-order valence-corrected chi connectivity index (χ0v) is 18.0. The van der Waals surface area contributed by atoms with Crippen LogP contribution < -0.4 is 33.6 Å². The quantitative estimate of drug-likeness (QED) is 0.0430. The van der Waals surface area contributed by atoms with Crippen LogP contribution >= 0.6 is 0 Å². The third-order valence-electron chi connectivity index (χ3n) is 4.06. The van der Waals surface area contributed by atoms with Gasteiger partial charge in [0.15, 0.2) is 11.9 Å². The molecule has 0 aromatic carbocycles. The van der Waals surface area contributed by atoms with Crippen LogP contribution in [0.2, 0.25) is 0 Å². The Labute approximate surface area is 186 Å². The number of hydrogen-bond donors (Lipinski definition) is 8. The summed E-state index contributed by atoms with van der Waals surface area (Å²) in [5.41, 5.74) is 21.5. The molecule has 0 saturated carbocycles. The summed E-state index contributed by atoms with van der Waals surface area (Å²) in [7, 11) is 0. The average Bonchev–Trinajstić information content (AvgIpc) is 2.70. The standard InChI is InChI=1S/C18H34N8O6/c19-11(5-3-9-25-17(21)22)15(29)31-13(27)7-1-2-8-14(28)32-16(30)12(20)6-4-10-26-18(23)24/h11-12H,1-10,19-20H2,(H4,21,22,25)(H4,23,24,26)/t11-,12-/m0/s1. The molecule has 0 aliphatic rings. The maximum atomic E-state index is 11.7. The topological polar surface area (TPSA) is 263 Å². The van der Waals surface area contributed by atoms with E-state index in [4.69, 9.17) is 33.8 Å². The molecular weight excluding hydrogens is 424 g/mol. The largest absolute Gasteiger partial charge is 0.392 e. The van der Waals surface area contributed by atoms with Crippen molar-refractivity contribution in [2.75, 3.05) is 13.1 Å². The third kappa shape index (κ3) is 15.6. The third-order valence-corrected chi connectivity index (χ3v) is 4.06. The van der Waals surface area contributed by atoms with E-state index in [1.54, 1.807) is 0 Å². The number of esters is 4. The van der Waals surface area contributed by atoms with Gasteiger partial charge in [-0.15, -0.1) is 0 Å². The molecule has 0 amide bonds. The molecule has 14 nitrogen and oxygen atoms in total. The Balaban J connectivity index is 3.93. The van der Waals surface area contributed by atoms with Gasteiger partial charge in [0.25, 0.3) is 0 Å². The number of nitrogens with two attached hydrogens (primary N) is 4. The zero-order chi connectivity index (χ0) is 24.5. The van der Waals surface area contributed by atoms with Gasteiger partial charge >= 0.3 is 23.9 Å². The summed E-state index contributed by atoms with van der Waals surface area (Å²) in [6.45, 7) is 0.732. The summed E-state index contributed by atoms with van der Waals surface area (Å²) in [4.78, 5) is 46.8. The lowest BCUT2D eigenvalue weighted by Crippen LogP contribution is -2.36. The highest BCUT2D eigenvalue weighted by Crippen LogP contribution is 2.06. The van der Waals surface area contributed by atoms with Gasteiger partial charge in [0.1, 0.15) is 12.1 Å². The van der Waals surface area contributed by atoms with Crippen LogP contribution in [0.15, 0.2) is 0 Å². The predicted octanol–water partition coefficient (Wildman–Crippen LogP) is -2.13. The highest BCUT2D eigenvalue weighted by atomic mass is 16.6. The predicted molar refractivity (Wildman–Crippen MR) is 115 cm³/mol. The van der Waals surface area contributed by atoms with E-state index in [2.05, 4.69) is 20.1 Å². The van der Waals surface area contributed by atoms with Crippen LogP contribution in [-0.2, 0) is 28.7 Å². The molecule has 0 radical (unpaired) electrons. The lowest BCUT2D eigenvalue weighted by Gasteiger charge is -2.11. The first-order valence-electron chi connectivity index (χ1n) is 10.2. The van der Waals surface area contributed by atoms with E-state index in [0.29, 0.717) is 25.9 Å². The van der Waals surface area contributed by atoms with Gasteiger partial charge in [-0.1, -0.05) is 0 Å². The molecule has 0 saturated heterocycles. The van der Waals surface area contributed by atoms with Crippen molar-refractivity contribution in [2.45, 2.75) is 63.5 Å². The second-order valence-electron chi connectivity index (χ2n) is 6.97. The molecule has 182 valence electrons. The molecule has 2 atom stereocenters. The normalized spacial score (nSPS) is 12.2. The second kappa shape index (κ2) is 16.4. The van der Waals surface area contributed by atoms with Crippen molar-refractivity contribution >= 4 is 35.8 Å². The molecule has 0 aromatic heterocycles. The van der Waals surface area contributed by atoms with E-state index in [0.717, 1.165) is 0 Å².